The van der Waals surface area contributed by atoms with Crippen molar-refractivity contribution in [3.05, 3.63) is 41.7 Å². The zero-order valence-corrected chi connectivity index (χ0v) is 17.7. The molecule has 1 saturated heterocycles. The van der Waals surface area contributed by atoms with E-state index in [9.17, 15) is 12.8 Å². The highest BCUT2D eigenvalue weighted by atomic mass is 32.2. The largest absolute Gasteiger partial charge is 0.455 e. The summed E-state index contributed by atoms with van der Waals surface area (Å²) < 4.78 is 53.0. The number of nitrogens with one attached hydrogen (secondary N) is 1. The zero-order chi connectivity index (χ0) is 20.4. The number of hydrogen-bond donors (Lipinski definition) is 1. The molecule has 0 amide bonds. The van der Waals surface area contributed by atoms with E-state index in [4.69, 9.17) is 9.47 Å². The molecule has 1 N–H and O–H groups in total. The summed E-state index contributed by atoms with van der Waals surface area (Å²) in [5.41, 5.74) is 0.607. The van der Waals surface area contributed by atoms with Crippen LogP contribution >= 0.6 is 11.8 Å². The fourth-order valence-electron chi connectivity index (χ4n) is 3.39. The lowest BCUT2D eigenvalue weighted by molar-refractivity contribution is 0.0376. The molecule has 0 atom stereocenters. The Morgan fingerprint density at radius 2 is 1.90 bits per heavy atom. The molecule has 156 valence electrons. The normalized spacial score (nSPS) is 16.8. The summed E-state index contributed by atoms with van der Waals surface area (Å²) in [6.07, 6.45) is 0.730. The van der Waals surface area contributed by atoms with Crippen molar-refractivity contribution in [2.45, 2.75) is 28.0 Å². The Bertz CT molecular complexity index is 1010. The number of aryl methyl sites for hydroxylation is 1. The highest BCUT2D eigenvalue weighted by Crippen LogP contribution is 2.48. The summed E-state index contributed by atoms with van der Waals surface area (Å²) in [4.78, 5) is 3.77. The minimum atomic E-state index is -3.65. The second-order valence-electron chi connectivity index (χ2n) is 7.06. The van der Waals surface area contributed by atoms with Crippen molar-refractivity contribution in [3.63, 3.8) is 0 Å². The summed E-state index contributed by atoms with van der Waals surface area (Å²) in [5, 5.41) is 0. The number of benzene rings is 2. The molecule has 0 saturated carbocycles. The van der Waals surface area contributed by atoms with Crippen LogP contribution in [0.25, 0.3) is 0 Å². The molecule has 29 heavy (non-hydrogen) atoms. The van der Waals surface area contributed by atoms with Crippen LogP contribution in [0.5, 0.6) is 11.5 Å². The molecule has 0 unspecified atom stereocenters. The van der Waals surface area contributed by atoms with Gasteiger partial charge in [-0.15, -0.1) is 0 Å². The van der Waals surface area contributed by atoms with Gasteiger partial charge in [-0.05, 0) is 55.8 Å². The van der Waals surface area contributed by atoms with Crippen LogP contribution in [0.3, 0.4) is 0 Å². The lowest BCUT2D eigenvalue weighted by Crippen LogP contribution is -2.38. The highest BCUT2D eigenvalue weighted by Gasteiger charge is 2.24. The quantitative estimate of drug-likeness (QED) is 0.595. The maximum absolute atomic E-state index is 13.5. The van der Waals surface area contributed by atoms with Crippen LogP contribution in [0.1, 0.15) is 12.0 Å². The highest BCUT2D eigenvalue weighted by molar-refractivity contribution is 7.99. The summed E-state index contributed by atoms with van der Waals surface area (Å²) in [7, 11) is -3.65. The number of sulfonamides is 1. The van der Waals surface area contributed by atoms with Crippen molar-refractivity contribution < 1.29 is 22.3 Å². The molecule has 0 bridgehead atoms. The first-order valence-electron chi connectivity index (χ1n) is 9.52. The van der Waals surface area contributed by atoms with E-state index in [2.05, 4.69) is 9.62 Å². The summed E-state index contributed by atoms with van der Waals surface area (Å²) >= 11 is 1.31. The van der Waals surface area contributed by atoms with Crippen LogP contribution in [0.4, 0.5) is 4.39 Å². The summed E-state index contributed by atoms with van der Waals surface area (Å²) in [6.45, 7) is 6.18. The van der Waals surface area contributed by atoms with Crippen molar-refractivity contribution in [3.8, 4) is 11.5 Å². The number of morpholine rings is 1. The molecule has 0 radical (unpaired) electrons. The van der Waals surface area contributed by atoms with Crippen molar-refractivity contribution >= 4 is 21.8 Å². The second-order valence-corrected chi connectivity index (χ2v) is 9.88. The smallest absolute Gasteiger partial charge is 0.240 e. The van der Waals surface area contributed by atoms with E-state index in [0.717, 1.165) is 39.3 Å². The van der Waals surface area contributed by atoms with Gasteiger partial charge in [-0.3, -0.25) is 4.90 Å². The fraction of sp³-hybridized carbons (Fsp3) is 0.400. The molecule has 0 spiro atoms. The minimum Gasteiger partial charge on any atom is -0.455 e. The van der Waals surface area contributed by atoms with E-state index < -0.39 is 10.0 Å². The number of halogens is 1. The van der Waals surface area contributed by atoms with E-state index in [1.807, 2.05) is 0 Å². The predicted octanol–water partition coefficient (Wildman–Crippen LogP) is 3.39. The molecule has 2 heterocycles. The Balaban J connectivity index is 1.44. The van der Waals surface area contributed by atoms with Crippen LogP contribution in [0.15, 0.2) is 45.0 Å². The Morgan fingerprint density at radius 1 is 1.14 bits per heavy atom. The average molecular weight is 439 g/mol. The Kier molecular flexibility index (Phi) is 6.12. The lowest BCUT2D eigenvalue weighted by Gasteiger charge is -2.26. The van der Waals surface area contributed by atoms with Gasteiger partial charge in [0.15, 0.2) is 0 Å². The Morgan fingerprint density at radius 3 is 2.69 bits per heavy atom. The molecule has 2 aromatic carbocycles. The minimum absolute atomic E-state index is 0.221. The van der Waals surface area contributed by atoms with E-state index in [0.29, 0.717) is 33.4 Å². The van der Waals surface area contributed by atoms with Crippen molar-refractivity contribution in [2.24, 2.45) is 0 Å². The number of hydrogen-bond acceptors (Lipinski definition) is 6. The van der Waals surface area contributed by atoms with Crippen LogP contribution in [-0.2, 0) is 14.8 Å². The first-order chi connectivity index (χ1) is 13.9. The van der Waals surface area contributed by atoms with Gasteiger partial charge in [0.25, 0.3) is 0 Å². The molecule has 9 heteroatoms. The molecular formula is C20H23FN2O4S2. The molecular weight excluding hydrogens is 415 g/mol. The van der Waals surface area contributed by atoms with E-state index >= 15 is 0 Å². The maximum atomic E-state index is 13.5. The third kappa shape index (κ3) is 4.75. The average Bonchev–Trinajstić information content (AvgIpc) is 2.70. The third-order valence-electron chi connectivity index (χ3n) is 4.92. The second kappa shape index (κ2) is 8.61. The SMILES string of the molecule is Cc1cc2c(cc1S(=O)(=O)NCCCN1CCOCC1)Sc1cc(F)ccc1O2. The van der Waals surface area contributed by atoms with Gasteiger partial charge in [-0.1, -0.05) is 11.8 Å². The first kappa shape index (κ1) is 20.6. The zero-order valence-electron chi connectivity index (χ0n) is 16.1. The summed E-state index contributed by atoms with van der Waals surface area (Å²) in [6, 6.07) is 7.64. The molecule has 2 aromatic rings. The number of ether oxygens (including phenoxy) is 2. The van der Waals surface area contributed by atoms with Gasteiger partial charge in [-0.25, -0.2) is 17.5 Å². The number of nitrogens with zero attached hydrogens (tertiary/aromatic N) is 1. The fourth-order valence-corrected chi connectivity index (χ4v) is 5.78. The van der Waals surface area contributed by atoms with Crippen molar-refractivity contribution in [2.75, 3.05) is 39.4 Å². The molecule has 0 aromatic heterocycles. The van der Waals surface area contributed by atoms with E-state index in [1.165, 1.54) is 23.9 Å². The molecule has 0 aliphatic carbocycles. The van der Waals surface area contributed by atoms with Crippen LogP contribution in [0.2, 0.25) is 0 Å². The van der Waals surface area contributed by atoms with Gasteiger partial charge < -0.3 is 9.47 Å². The maximum Gasteiger partial charge on any atom is 0.240 e. The number of fused-ring (bicyclic) bond motifs is 2. The van der Waals surface area contributed by atoms with Gasteiger partial charge in [0.1, 0.15) is 17.3 Å². The molecule has 1 fully saturated rings. The molecule has 2 aliphatic heterocycles. The predicted molar refractivity (Wildman–Crippen MR) is 109 cm³/mol. The third-order valence-corrected chi connectivity index (χ3v) is 7.60. The van der Waals surface area contributed by atoms with Gasteiger partial charge in [-0.2, -0.15) is 0 Å². The topological polar surface area (TPSA) is 67.9 Å². The molecule has 4 rings (SSSR count). The Hall–Kier alpha value is -1.65. The van der Waals surface area contributed by atoms with Gasteiger partial charge in [0.05, 0.1) is 27.9 Å². The van der Waals surface area contributed by atoms with Gasteiger partial charge >= 0.3 is 0 Å². The molecule has 2 aliphatic rings. The monoisotopic (exact) mass is 438 g/mol. The summed E-state index contributed by atoms with van der Waals surface area (Å²) in [5.74, 6) is 0.795. The van der Waals surface area contributed by atoms with Crippen LogP contribution < -0.4 is 9.46 Å². The number of rotatable bonds is 6. The van der Waals surface area contributed by atoms with Crippen molar-refractivity contribution in [1.29, 1.82) is 0 Å². The van der Waals surface area contributed by atoms with E-state index in [1.54, 1.807) is 25.1 Å². The van der Waals surface area contributed by atoms with Crippen LogP contribution in [-0.4, -0.2) is 52.7 Å². The van der Waals surface area contributed by atoms with Crippen molar-refractivity contribution in [1.82, 2.24) is 9.62 Å². The lowest BCUT2D eigenvalue weighted by atomic mass is 10.2. The van der Waals surface area contributed by atoms with Crippen LogP contribution in [0, 0.1) is 12.7 Å². The standard InChI is InChI=1S/C20H23FN2O4S2/c1-14-11-17-19(28-18-12-15(21)3-4-16(18)27-17)13-20(14)29(24,25)22-5-2-6-23-7-9-26-10-8-23/h3-4,11-13,22H,2,5-10H2,1H3. The molecule has 6 nitrogen and oxygen atoms in total. The Labute approximate surface area is 174 Å². The van der Waals surface area contributed by atoms with Gasteiger partial charge in [0.2, 0.25) is 10.0 Å². The van der Waals surface area contributed by atoms with E-state index in [-0.39, 0.29) is 10.7 Å². The van der Waals surface area contributed by atoms with Gasteiger partial charge in [0, 0.05) is 19.6 Å². The first-order valence-corrected chi connectivity index (χ1v) is 11.8.